The second-order valence-corrected chi connectivity index (χ2v) is 8.11. The van der Waals surface area contributed by atoms with E-state index in [-0.39, 0.29) is 0 Å². The van der Waals surface area contributed by atoms with Crippen molar-refractivity contribution in [1.82, 2.24) is 14.9 Å². The lowest BCUT2D eigenvalue weighted by Crippen LogP contribution is -1.97. The first kappa shape index (κ1) is 21.6. The summed E-state index contributed by atoms with van der Waals surface area (Å²) in [6.45, 7) is 0.314. The van der Waals surface area contributed by atoms with Crippen LogP contribution in [-0.2, 0) is 6.61 Å². The van der Waals surface area contributed by atoms with Gasteiger partial charge < -0.3 is 4.74 Å². The maximum Gasteiger partial charge on any atom is 0.216 e. The van der Waals surface area contributed by atoms with Crippen LogP contribution >= 0.6 is 47.0 Å². The van der Waals surface area contributed by atoms with Crippen LogP contribution < -0.4 is 4.74 Å². The van der Waals surface area contributed by atoms with E-state index in [9.17, 15) is 0 Å². The van der Waals surface area contributed by atoms with Gasteiger partial charge in [-0.15, -0.1) is 0 Å². The number of benzene rings is 3. The fourth-order valence-corrected chi connectivity index (χ4v) is 3.55. The average Bonchev–Trinajstić information content (AvgIpc) is 3.15. The van der Waals surface area contributed by atoms with Crippen LogP contribution in [0, 0.1) is 4.77 Å². The molecule has 0 unspecified atom stereocenters. The lowest BCUT2D eigenvalue weighted by molar-refractivity contribution is 0.306. The highest BCUT2D eigenvalue weighted by molar-refractivity contribution is 7.71. The minimum Gasteiger partial charge on any atom is -0.487 e. The molecule has 0 aliphatic rings. The van der Waals surface area contributed by atoms with Crippen molar-refractivity contribution >= 4 is 53.2 Å². The van der Waals surface area contributed by atoms with Crippen LogP contribution in [0.1, 0.15) is 11.1 Å². The van der Waals surface area contributed by atoms with E-state index in [4.69, 9.17) is 51.8 Å². The molecule has 3 aromatic carbocycles. The van der Waals surface area contributed by atoms with E-state index in [1.807, 2.05) is 42.5 Å². The molecule has 5 nitrogen and oxygen atoms in total. The van der Waals surface area contributed by atoms with Gasteiger partial charge in [0.25, 0.3) is 0 Å². The SMILES string of the molecule is S=c1[nH]nc(-c2ccccc2)n1/N=C/c1ccc(OCc2ccc(Cl)c(Cl)c2)c(Cl)c1. The molecule has 0 fully saturated rings. The van der Waals surface area contributed by atoms with Crippen molar-refractivity contribution in [1.29, 1.82) is 0 Å². The van der Waals surface area contributed by atoms with Crippen molar-refractivity contribution in [2.45, 2.75) is 6.61 Å². The summed E-state index contributed by atoms with van der Waals surface area (Å²) in [5.74, 6) is 1.17. The molecule has 0 saturated carbocycles. The third-order valence-electron chi connectivity index (χ3n) is 4.34. The van der Waals surface area contributed by atoms with Crippen molar-refractivity contribution in [3.05, 3.63) is 97.7 Å². The van der Waals surface area contributed by atoms with Gasteiger partial charge in [0.05, 0.1) is 21.3 Å². The smallest absolute Gasteiger partial charge is 0.216 e. The summed E-state index contributed by atoms with van der Waals surface area (Å²) < 4.78 is 7.76. The Balaban J connectivity index is 1.50. The predicted octanol–water partition coefficient (Wildman–Crippen LogP) is 7.03. The van der Waals surface area contributed by atoms with Gasteiger partial charge in [-0.1, -0.05) is 71.2 Å². The maximum absolute atomic E-state index is 6.39. The molecule has 1 N–H and O–H groups in total. The maximum atomic E-state index is 6.39. The standard InChI is InChI=1S/C22H15Cl3N4OS/c23-17-8-6-15(11-18(17)24)13-30-20-9-7-14(10-19(20)25)12-26-29-21(27-28-22(29)31)16-4-2-1-3-5-16/h1-12H,13H2,(H,28,31)/b26-12+. The van der Waals surface area contributed by atoms with Crippen LogP contribution in [0.15, 0.2) is 71.8 Å². The molecule has 4 rings (SSSR count). The van der Waals surface area contributed by atoms with Gasteiger partial charge in [-0.25, -0.2) is 5.10 Å². The Bertz CT molecular complexity index is 1300. The third-order valence-corrected chi connectivity index (χ3v) is 5.64. The highest BCUT2D eigenvalue weighted by Crippen LogP contribution is 2.27. The molecule has 1 aromatic heterocycles. The fourth-order valence-electron chi connectivity index (χ4n) is 2.80. The van der Waals surface area contributed by atoms with Crippen molar-refractivity contribution in [3.8, 4) is 17.1 Å². The Hall–Kier alpha value is -2.64. The van der Waals surface area contributed by atoms with Crippen molar-refractivity contribution < 1.29 is 4.74 Å². The van der Waals surface area contributed by atoms with Gasteiger partial charge in [-0.3, -0.25) is 0 Å². The monoisotopic (exact) mass is 488 g/mol. The number of nitrogens with one attached hydrogen (secondary N) is 1. The summed E-state index contributed by atoms with van der Waals surface area (Å²) in [5, 5.41) is 12.9. The number of hydrogen-bond donors (Lipinski definition) is 1. The molecule has 156 valence electrons. The highest BCUT2D eigenvalue weighted by atomic mass is 35.5. The van der Waals surface area contributed by atoms with Crippen molar-refractivity contribution in [3.63, 3.8) is 0 Å². The number of ether oxygens (including phenoxy) is 1. The average molecular weight is 490 g/mol. The van der Waals surface area contributed by atoms with Gasteiger partial charge in [0, 0.05) is 5.56 Å². The van der Waals surface area contributed by atoms with Gasteiger partial charge in [0.2, 0.25) is 4.77 Å². The molecular weight excluding hydrogens is 475 g/mol. The lowest BCUT2D eigenvalue weighted by atomic mass is 10.2. The van der Waals surface area contributed by atoms with Gasteiger partial charge in [-0.05, 0) is 53.7 Å². The first-order valence-corrected chi connectivity index (χ1v) is 10.7. The quantitative estimate of drug-likeness (QED) is 0.234. The molecule has 1 heterocycles. The van der Waals surface area contributed by atoms with Gasteiger partial charge in [0.1, 0.15) is 12.4 Å². The summed E-state index contributed by atoms with van der Waals surface area (Å²) >= 11 is 23.7. The number of halogens is 3. The minimum atomic E-state index is 0.314. The summed E-state index contributed by atoms with van der Waals surface area (Å²) in [5.41, 5.74) is 2.57. The van der Waals surface area contributed by atoms with Gasteiger partial charge in [-0.2, -0.15) is 14.9 Å². The Labute approximate surface area is 198 Å². The van der Waals surface area contributed by atoms with Crippen molar-refractivity contribution in [2.75, 3.05) is 0 Å². The van der Waals surface area contributed by atoms with E-state index in [2.05, 4.69) is 15.3 Å². The summed E-state index contributed by atoms with van der Waals surface area (Å²) in [6, 6.07) is 20.4. The molecule has 0 saturated heterocycles. The molecule has 0 aliphatic heterocycles. The van der Waals surface area contributed by atoms with E-state index < -0.39 is 0 Å². The minimum absolute atomic E-state index is 0.314. The topological polar surface area (TPSA) is 55.2 Å². The van der Waals surface area contributed by atoms with Crippen LogP contribution in [0.5, 0.6) is 5.75 Å². The van der Waals surface area contributed by atoms with E-state index in [1.165, 1.54) is 0 Å². The summed E-state index contributed by atoms with van der Waals surface area (Å²) in [4.78, 5) is 0. The zero-order valence-corrected chi connectivity index (χ0v) is 19.0. The highest BCUT2D eigenvalue weighted by Gasteiger charge is 2.08. The first-order chi connectivity index (χ1) is 15.0. The Morgan fingerprint density at radius 2 is 1.77 bits per heavy atom. The normalized spacial score (nSPS) is 11.2. The fraction of sp³-hybridized carbons (Fsp3) is 0.0455. The summed E-state index contributed by atoms with van der Waals surface area (Å²) in [7, 11) is 0. The van der Waals surface area contributed by atoms with Gasteiger partial charge >= 0.3 is 0 Å². The molecular formula is C22H15Cl3N4OS. The lowest BCUT2D eigenvalue weighted by Gasteiger charge is -2.09. The molecule has 9 heteroatoms. The number of nitrogens with zero attached hydrogens (tertiary/aromatic N) is 3. The molecule has 0 amide bonds. The third kappa shape index (κ3) is 5.17. The van der Waals surface area contributed by atoms with Crippen LogP contribution in [0.4, 0.5) is 0 Å². The second-order valence-electron chi connectivity index (χ2n) is 6.50. The Morgan fingerprint density at radius 3 is 2.52 bits per heavy atom. The van der Waals surface area contributed by atoms with E-state index in [1.54, 1.807) is 35.2 Å². The Kier molecular flexibility index (Phi) is 6.73. The van der Waals surface area contributed by atoms with Crippen LogP contribution in [-0.4, -0.2) is 21.1 Å². The Morgan fingerprint density at radius 1 is 0.968 bits per heavy atom. The largest absolute Gasteiger partial charge is 0.487 e. The zero-order valence-electron chi connectivity index (χ0n) is 15.9. The molecule has 0 spiro atoms. The number of rotatable bonds is 6. The van der Waals surface area contributed by atoms with Crippen LogP contribution in [0.25, 0.3) is 11.4 Å². The van der Waals surface area contributed by atoms with E-state index in [0.717, 1.165) is 16.7 Å². The first-order valence-electron chi connectivity index (χ1n) is 9.15. The second kappa shape index (κ2) is 9.66. The molecule has 0 atom stereocenters. The number of hydrogen-bond acceptors (Lipinski definition) is 4. The predicted molar refractivity (Wildman–Crippen MR) is 128 cm³/mol. The van der Waals surface area contributed by atoms with E-state index >= 15 is 0 Å². The number of aromatic amines is 1. The number of H-pyrrole nitrogens is 1. The molecule has 0 aliphatic carbocycles. The van der Waals surface area contributed by atoms with Gasteiger partial charge in [0.15, 0.2) is 5.82 Å². The number of aromatic nitrogens is 3. The zero-order chi connectivity index (χ0) is 21.8. The summed E-state index contributed by atoms with van der Waals surface area (Å²) in [6.07, 6.45) is 1.66. The van der Waals surface area contributed by atoms with Crippen molar-refractivity contribution in [2.24, 2.45) is 5.10 Å². The van der Waals surface area contributed by atoms with Crippen LogP contribution in [0.2, 0.25) is 15.1 Å². The molecule has 0 bridgehead atoms. The van der Waals surface area contributed by atoms with Crippen LogP contribution in [0.3, 0.4) is 0 Å². The molecule has 4 aromatic rings. The molecule has 31 heavy (non-hydrogen) atoms. The molecule has 0 radical (unpaired) electrons. The van der Waals surface area contributed by atoms with E-state index in [0.29, 0.717) is 38.0 Å².